The molecule has 1 heterocycles. The molecule has 0 aliphatic heterocycles. The monoisotopic (exact) mass is 348 g/mol. The quantitative estimate of drug-likeness (QED) is 0.689. The van der Waals surface area contributed by atoms with Crippen molar-refractivity contribution in [2.45, 2.75) is 13.3 Å². The Kier molecular flexibility index (Phi) is 4.66. The first-order chi connectivity index (χ1) is 11.6. The highest BCUT2D eigenvalue weighted by atomic mass is 35.5. The number of carbonyl (C=O) groups excluding carboxylic acids is 1. The maximum absolute atomic E-state index is 14.2. The van der Waals surface area contributed by atoms with E-state index < -0.39 is 11.8 Å². The lowest BCUT2D eigenvalue weighted by atomic mass is 10.1. The molecule has 0 radical (unpaired) electrons. The largest absolute Gasteiger partial charge is 0.466 e. The van der Waals surface area contributed by atoms with Gasteiger partial charge < -0.3 is 14.5 Å². The summed E-state index contributed by atoms with van der Waals surface area (Å²) in [6.07, 6.45) is -0.178. The lowest BCUT2D eigenvalue weighted by molar-refractivity contribution is -0.142. The average Bonchev–Trinajstić information content (AvgIpc) is 2.94. The Hall–Kier alpha value is -2.60. The van der Waals surface area contributed by atoms with Crippen LogP contribution < -0.4 is 5.32 Å². The van der Waals surface area contributed by atoms with E-state index in [0.717, 1.165) is 0 Å². The van der Waals surface area contributed by atoms with Crippen molar-refractivity contribution in [2.75, 3.05) is 11.9 Å². The molecule has 1 aromatic heterocycles. The summed E-state index contributed by atoms with van der Waals surface area (Å²) < 4.78 is 24.5. The zero-order chi connectivity index (χ0) is 17.1. The third kappa shape index (κ3) is 3.49. The van der Waals surface area contributed by atoms with E-state index in [1.807, 2.05) is 12.1 Å². The zero-order valence-corrected chi connectivity index (χ0v) is 13.6. The van der Waals surface area contributed by atoms with E-state index in [0.29, 0.717) is 16.8 Å². The number of benzene rings is 2. The number of ether oxygens (including phenoxy) is 1. The molecule has 124 valence electrons. The van der Waals surface area contributed by atoms with Crippen LogP contribution in [0.1, 0.15) is 12.5 Å². The van der Waals surface area contributed by atoms with E-state index in [1.54, 1.807) is 19.1 Å². The smallest absolute Gasteiger partial charge is 0.310 e. The van der Waals surface area contributed by atoms with Gasteiger partial charge in [0.25, 0.3) is 6.01 Å². The highest BCUT2D eigenvalue weighted by molar-refractivity contribution is 6.33. The number of carbonyl (C=O) groups is 1. The van der Waals surface area contributed by atoms with Gasteiger partial charge in [0.15, 0.2) is 5.58 Å². The van der Waals surface area contributed by atoms with Gasteiger partial charge in [-0.15, -0.1) is 0 Å². The fraction of sp³-hybridized carbons (Fsp3) is 0.176. The van der Waals surface area contributed by atoms with Crippen molar-refractivity contribution in [2.24, 2.45) is 0 Å². The van der Waals surface area contributed by atoms with Crippen molar-refractivity contribution in [1.29, 1.82) is 0 Å². The molecule has 0 amide bonds. The lowest BCUT2D eigenvalue weighted by Crippen LogP contribution is -2.09. The number of anilines is 2. The number of halogens is 2. The second-order valence-corrected chi connectivity index (χ2v) is 5.42. The van der Waals surface area contributed by atoms with Gasteiger partial charge in [-0.25, -0.2) is 4.39 Å². The van der Waals surface area contributed by atoms with Crippen LogP contribution in [0.5, 0.6) is 0 Å². The number of aromatic nitrogens is 1. The standard InChI is InChI=1S/C17H14ClFN2O3/c1-2-23-16(22)8-10-7-11(18)14(9-12(10)19)21-17-20-13-5-3-4-6-15(13)24-17/h3-7,9H,2,8H2,1H3,(H,20,21). The van der Waals surface area contributed by atoms with E-state index in [1.165, 1.54) is 12.1 Å². The molecule has 0 aliphatic rings. The molecule has 0 atom stereocenters. The average molecular weight is 349 g/mol. The first-order valence-corrected chi connectivity index (χ1v) is 7.70. The van der Waals surface area contributed by atoms with Crippen LogP contribution in [0.3, 0.4) is 0 Å². The molecule has 0 aliphatic carbocycles. The molecule has 0 unspecified atom stereocenters. The molecule has 0 saturated heterocycles. The van der Waals surface area contributed by atoms with Gasteiger partial charge in [-0.1, -0.05) is 23.7 Å². The van der Waals surface area contributed by atoms with Crippen LogP contribution in [0.4, 0.5) is 16.1 Å². The Labute approximate surface area is 142 Å². The third-order valence-corrected chi connectivity index (χ3v) is 3.62. The van der Waals surface area contributed by atoms with Crippen molar-refractivity contribution in [3.05, 3.63) is 52.8 Å². The minimum atomic E-state index is -0.564. The van der Waals surface area contributed by atoms with Gasteiger partial charge >= 0.3 is 5.97 Å². The van der Waals surface area contributed by atoms with E-state index in [-0.39, 0.29) is 29.6 Å². The molecular weight excluding hydrogens is 335 g/mol. The Morgan fingerprint density at radius 3 is 2.92 bits per heavy atom. The van der Waals surface area contributed by atoms with Crippen LogP contribution in [0.2, 0.25) is 5.02 Å². The number of fused-ring (bicyclic) bond motifs is 1. The molecule has 0 fully saturated rings. The van der Waals surface area contributed by atoms with Crippen molar-refractivity contribution < 1.29 is 18.3 Å². The van der Waals surface area contributed by atoms with Crippen molar-refractivity contribution in [3.63, 3.8) is 0 Å². The van der Waals surface area contributed by atoms with Crippen molar-refractivity contribution >= 4 is 40.4 Å². The van der Waals surface area contributed by atoms with Gasteiger partial charge in [0.2, 0.25) is 0 Å². The fourth-order valence-corrected chi connectivity index (χ4v) is 2.46. The number of rotatable bonds is 5. The Balaban J connectivity index is 1.83. The van der Waals surface area contributed by atoms with Gasteiger partial charge in [-0.3, -0.25) is 4.79 Å². The highest BCUT2D eigenvalue weighted by Crippen LogP contribution is 2.30. The van der Waals surface area contributed by atoms with Crippen LogP contribution in [0.15, 0.2) is 40.8 Å². The van der Waals surface area contributed by atoms with E-state index >= 15 is 0 Å². The minimum Gasteiger partial charge on any atom is -0.466 e. The Morgan fingerprint density at radius 2 is 2.17 bits per heavy atom. The number of hydrogen-bond acceptors (Lipinski definition) is 5. The molecular formula is C17H14ClFN2O3. The maximum atomic E-state index is 14.2. The summed E-state index contributed by atoms with van der Waals surface area (Å²) in [5, 5.41) is 3.09. The van der Waals surface area contributed by atoms with Crippen LogP contribution in [-0.2, 0) is 16.0 Å². The molecule has 2 aromatic carbocycles. The Bertz CT molecular complexity index is 862. The number of hydrogen-bond donors (Lipinski definition) is 1. The highest BCUT2D eigenvalue weighted by Gasteiger charge is 2.14. The normalized spacial score (nSPS) is 10.8. The topological polar surface area (TPSA) is 64.4 Å². The van der Waals surface area contributed by atoms with Gasteiger partial charge in [-0.2, -0.15) is 4.98 Å². The summed E-state index contributed by atoms with van der Waals surface area (Å²) >= 11 is 6.16. The number of oxazole rings is 1. The van der Waals surface area contributed by atoms with Crippen LogP contribution in [0, 0.1) is 5.82 Å². The molecule has 3 aromatic rings. The van der Waals surface area contributed by atoms with E-state index in [9.17, 15) is 9.18 Å². The van der Waals surface area contributed by atoms with Gasteiger partial charge in [0.05, 0.1) is 23.7 Å². The number of nitrogens with zero attached hydrogens (tertiary/aromatic N) is 1. The summed E-state index contributed by atoms with van der Waals surface area (Å²) in [6.45, 7) is 1.93. The van der Waals surface area contributed by atoms with Crippen molar-refractivity contribution in [1.82, 2.24) is 4.98 Å². The van der Waals surface area contributed by atoms with Gasteiger partial charge in [0, 0.05) is 5.56 Å². The molecule has 24 heavy (non-hydrogen) atoms. The summed E-state index contributed by atoms with van der Waals surface area (Å²) in [5.41, 5.74) is 1.75. The third-order valence-electron chi connectivity index (χ3n) is 3.31. The first-order valence-electron chi connectivity index (χ1n) is 7.33. The minimum absolute atomic E-state index is 0.168. The summed E-state index contributed by atoms with van der Waals surface area (Å²) in [6, 6.07) is 10.0. The molecule has 0 spiro atoms. The SMILES string of the molecule is CCOC(=O)Cc1cc(Cl)c(Nc2nc3ccccc3o2)cc1F. The summed E-state index contributed by atoms with van der Waals surface area (Å²) in [4.78, 5) is 15.7. The van der Waals surface area contributed by atoms with E-state index in [2.05, 4.69) is 10.3 Å². The summed E-state index contributed by atoms with van der Waals surface area (Å²) in [5.74, 6) is -1.07. The molecule has 3 rings (SSSR count). The van der Waals surface area contributed by atoms with E-state index in [4.69, 9.17) is 20.8 Å². The van der Waals surface area contributed by atoms with Gasteiger partial charge in [-0.05, 0) is 31.2 Å². The number of esters is 1. The van der Waals surface area contributed by atoms with Crippen LogP contribution in [0.25, 0.3) is 11.1 Å². The molecule has 5 nitrogen and oxygen atoms in total. The zero-order valence-electron chi connectivity index (χ0n) is 12.8. The molecule has 1 N–H and O–H groups in total. The second kappa shape index (κ2) is 6.88. The second-order valence-electron chi connectivity index (χ2n) is 5.02. The number of nitrogens with one attached hydrogen (secondary N) is 1. The molecule has 0 bridgehead atoms. The number of para-hydroxylation sites is 2. The predicted octanol–water partition coefficient (Wildman–Crippen LogP) is 4.47. The molecule has 7 heteroatoms. The van der Waals surface area contributed by atoms with Crippen LogP contribution in [-0.4, -0.2) is 17.6 Å². The predicted molar refractivity (Wildman–Crippen MR) is 89.0 cm³/mol. The lowest BCUT2D eigenvalue weighted by Gasteiger charge is -2.09. The maximum Gasteiger partial charge on any atom is 0.310 e. The van der Waals surface area contributed by atoms with Crippen molar-refractivity contribution in [3.8, 4) is 0 Å². The first kappa shape index (κ1) is 16.3. The Morgan fingerprint density at radius 1 is 1.38 bits per heavy atom. The van der Waals surface area contributed by atoms with Crippen LogP contribution >= 0.6 is 11.6 Å². The molecule has 0 saturated carbocycles. The summed E-state index contributed by atoms with van der Waals surface area (Å²) in [7, 11) is 0. The van der Waals surface area contributed by atoms with Gasteiger partial charge in [0.1, 0.15) is 11.3 Å². The fourth-order valence-electron chi connectivity index (χ4n) is 2.23.